The summed E-state index contributed by atoms with van der Waals surface area (Å²) in [4.78, 5) is 22.0. The van der Waals surface area contributed by atoms with Crippen LogP contribution in [0.25, 0.3) is 0 Å². The predicted octanol–water partition coefficient (Wildman–Crippen LogP) is 0.329. The number of rotatable bonds is 3. The van der Waals surface area contributed by atoms with E-state index in [9.17, 15) is 9.59 Å². The highest BCUT2D eigenvalue weighted by Gasteiger charge is 2.48. The second-order valence-electron chi connectivity index (χ2n) is 3.86. The number of amides is 1. The largest absolute Gasteiger partial charge is 0.481 e. The van der Waals surface area contributed by atoms with Crippen LogP contribution in [0.3, 0.4) is 0 Å². The lowest BCUT2D eigenvalue weighted by Crippen LogP contribution is -2.36. The second-order valence-corrected chi connectivity index (χ2v) is 5.01. The van der Waals surface area contributed by atoms with Crippen LogP contribution in [0.5, 0.6) is 0 Å². The first kappa shape index (κ1) is 9.83. The first-order chi connectivity index (χ1) is 6.68. The van der Waals surface area contributed by atoms with Gasteiger partial charge in [0.1, 0.15) is 0 Å². The van der Waals surface area contributed by atoms with Gasteiger partial charge in [-0.1, -0.05) is 0 Å². The Morgan fingerprint density at radius 2 is 2.14 bits per heavy atom. The van der Waals surface area contributed by atoms with E-state index in [-0.39, 0.29) is 17.9 Å². The van der Waals surface area contributed by atoms with Crippen molar-refractivity contribution in [2.24, 2.45) is 11.8 Å². The molecule has 1 unspecified atom stereocenters. The van der Waals surface area contributed by atoms with Gasteiger partial charge in [0.15, 0.2) is 0 Å². The highest BCUT2D eigenvalue weighted by Crippen LogP contribution is 2.39. The van der Waals surface area contributed by atoms with Crippen molar-refractivity contribution < 1.29 is 14.7 Å². The summed E-state index contributed by atoms with van der Waals surface area (Å²) in [5.74, 6) is 0.465. The fraction of sp³-hybridized carbons (Fsp3) is 0.778. The molecule has 3 atom stereocenters. The van der Waals surface area contributed by atoms with Crippen LogP contribution in [-0.4, -0.2) is 34.5 Å². The molecule has 2 rings (SSSR count). The van der Waals surface area contributed by atoms with Gasteiger partial charge in [-0.2, -0.15) is 11.8 Å². The molecule has 0 radical (unpaired) electrons. The summed E-state index contributed by atoms with van der Waals surface area (Å²) in [5.41, 5.74) is 0. The molecule has 1 saturated heterocycles. The van der Waals surface area contributed by atoms with Gasteiger partial charge in [-0.3, -0.25) is 9.59 Å². The van der Waals surface area contributed by atoms with Crippen molar-refractivity contribution >= 4 is 23.6 Å². The summed E-state index contributed by atoms with van der Waals surface area (Å²) in [6.45, 7) is 0. The van der Waals surface area contributed by atoms with E-state index < -0.39 is 11.9 Å². The Morgan fingerprint density at radius 3 is 2.64 bits per heavy atom. The number of aliphatic carboxylic acids is 1. The molecule has 1 amide bonds. The summed E-state index contributed by atoms with van der Waals surface area (Å²) >= 11 is 1.83. The van der Waals surface area contributed by atoms with E-state index in [1.807, 2.05) is 11.8 Å². The van der Waals surface area contributed by atoms with E-state index in [0.717, 1.165) is 17.9 Å². The maximum atomic E-state index is 11.5. The number of carbonyl (C=O) groups excluding carboxylic acids is 1. The van der Waals surface area contributed by atoms with Crippen LogP contribution in [0.15, 0.2) is 0 Å². The molecule has 0 aromatic heterocycles. The summed E-state index contributed by atoms with van der Waals surface area (Å²) in [6.07, 6.45) is 1.53. The van der Waals surface area contributed by atoms with Crippen LogP contribution in [0, 0.1) is 11.8 Å². The molecule has 4 nitrogen and oxygen atoms in total. The zero-order chi connectivity index (χ0) is 10.1. The average Bonchev–Trinajstić information content (AvgIpc) is 2.80. The Morgan fingerprint density at radius 1 is 1.36 bits per heavy atom. The molecule has 2 fully saturated rings. The molecule has 2 N–H and O–H groups in total. The Balaban J connectivity index is 1.77. The molecule has 0 aromatic rings. The van der Waals surface area contributed by atoms with E-state index in [0.29, 0.717) is 6.42 Å². The molecule has 0 bridgehead atoms. The number of carboxylic acid groups (broad SMARTS) is 1. The smallest absolute Gasteiger partial charge is 0.307 e. The van der Waals surface area contributed by atoms with E-state index in [1.54, 1.807) is 0 Å². The molecule has 0 aromatic carbocycles. The third-order valence-electron chi connectivity index (χ3n) is 2.72. The minimum absolute atomic E-state index is 0.0649. The fourth-order valence-electron chi connectivity index (χ4n) is 1.71. The Bertz CT molecular complexity index is 263. The second kappa shape index (κ2) is 3.81. The first-order valence-electron chi connectivity index (χ1n) is 4.79. The van der Waals surface area contributed by atoms with Crippen molar-refractivity contribution in [2.75, 3.05) is 11.5 Å². The normalized spacial score (nSPS) is 35.3. The van der Waals surface area contributed by atoms with Crippen molar-refractivity contribution in [1.82, 2.24) is 5.32 Å². The molecule has 1 saturated carbocycles. The van der Waals surface area contributed by atoms with Crippen molar-refractivity contribution in [3.8, 4) is 0 Å². The van der Waals surface area contributed by atoms with Crippen LogP contribution < -0.4 is 5.32 Å². The van der Waals surface area contributed by atoms with E-state index >= 15 is 0 Å². The fourth-order valence-corrected chi connectivity index (χ4v) is 2.87. The molecular formula is C9H13NO3S. The quantitative estimate of drug-likeness (QED) is 0.712. The third kappa shape index (κ3) is 2.03. The summed E-state index contributed by atoms with van der Waals surface area (Å²) in [5, 5.41) is 11.6. The molecule has 1 aliphatic heterocycles. The molecular weight excluding hydrogens is 202 g/mol. The van der Waals surface area contributed by atoms with Crippen LogP contribution in [-0.2, 0) is 9.59 Å². The van der Waals surface area contributed by atoms with Crippen LogP contribution in [0.1, 0.15) is 12.8 Å². The number of carboxylic acids is 1. The molecule has 1 aliphatic carbocycles. The highest BCUT2D eigenvalue weighted by atomic mass is 32.2. The van der Waals surface area contributed by atoms with Gasteiger partial charge in [0.25, 0.3) is 0 Å². The van der Waals surface area contributed by atoms with Crippen molar-refractivity contribution in [3.05, 3.63) is 0 Å². The Kier molecular flexibility index (Phi) is 2.67. The van der Waals surface area contributed by atoms with Crippen molar-refractivity contribution in [2.45, 2.75) is 18.9 Å². The van der Waals surface area contributed by atoms with E-state index in [4.69, 9.17) is 5.11 Å². The van der Waals surface area contributed by atoms with E-state index in [2.05, 4.69) is 5.32 Å². The molecule has 78 valence electrons. The monoisotopic (exact) mass is 215 g/mol. The lowest BCUT2D eigenvalue weighted by Gasteiger charge is -2.10. The van der Waals surface area contributed by atoms with Gasteiger partial charge in [-0.15, -0.1) is 0 Å². The number of carbonyl (C=O) groups is 2. The Hall–Kier alpha value is -0.710. The standard InChI is InChI=1S/C9H13NO3S/c11-8(6-3-7(6)9(12)13)10-5-1-2-14-4-5/h5-7H,1-4H2,(H,10,11)(H,12,13)/t5?,6-,7+/m1/s1. The maximum absolute atomic E-state index is 11.5. The number of hydrogen-bond donors (Lipinski definition) is 2. The summed E-state index contributed by atoms with van der Waals surface area (Å²) in [6, 6.07) is 0.266. The van der Waals surface area contributed by atoms with Gasteiger partial charge in [0, 0.05) is 11.8 Å². The molecule has 0 spiro atoms. The first-order valence-corrected chi connectivity index (χ1v) is 5.95. The van der Waals surface area contributed by atoms with Gasteiger partial charge >= 0.3 is 5.97 Å². The van der Waals surface area contributed by atoms with Crippen LogP contribution in [0.2, 0.25) is 0 Å². The van der Waals surface area contributed by atoms with Gasteiger partial charge in [0.05, 0.1) is 11.8 Å². The van der Waals surface area contributed by atoms with E-state index in [1.165, 1.54) is 0 Å². The predicted molar refractivity (Wildman–Crippen MR) is 53.1 cm³/mol. The lowest BCUT2D eigenvalue weighted by atomic mass is 10.2. The number of nitrogens with one attached hydrogen (secondary N) is 1. The lowest BCUT2D eigenvalue weighted by molar-refractivity contribution is -0.140. The zero-order valence-electron chi connectivity index (χ0n) is 7.73. The SMILES string of the molecule is O=C(O)[C@H]1C[C@H]1C(=O)NC1CCSC1. The molecule has 14 heavy (non-hydrogen) atoms. The van der Waals surface area contributed by atoms with Crippen molar-refractivity contribution in [3.63, 3.8) is 0 Å². The minimum atomic E-state index is -0.842. The topological polar surface area (TPSA) is 66.4 Å². The van der Waals surface area contributed by atoms with Gasteiger partial charge in [-0.05, 0) is 18.6 Å². The van der Waals surface area contributed by atoms with Crippen LogP contribution in [0.4, 0.5) is 0 Å². The third-order valence-corrected chi connectivity index (χ3v) is 3.88. The average molecular weight is 215 g/mol. The highest BCUT2D eigenvalue weighted by molar-refractivity contribution is 7.99. The van der Waals surface area contributed by atoms with Crippen molar-refractivity contribution in [1.29, 1.82) is 0 Å². The number of hydrogen-bond acceptors (Lipinski definition) is 3. The van der Waals surface area contributed by atoms with Crippen LogP contribution >= 0.6 is 11.8 Å². The zero-order valence-corrected chi connectivity index (χ0v) is 8.55. The summed E-state index contributed by atoms with van der Waals surface area (Å²) in [7, 11) is 0. The van der Waals surface area contributed by atoms with Gasteiger partial charge < -0.3 is 10.4 Å². The molecule has 1 heterocycles. The summed E-state index contributed by atoms with van der Waals surface area (Å²) < 4.78 is 0. The Labute approximate surface area is 86.4 Å². The minimum Gasteiger partial charge on any atom is -0.481 e. The van der Waals surface area contributed by atoms with Gasteiger partial charge in [-0.25, -0.2) is 0 Å². The maximum Gasteiger partial charge on any atom is 0.307 e. The molecule has 2 aliphatic rings. The molecule has 5 heteroatoms. The van der Waals surface area contributed by atoms with Gasteiger partial charge in [0.2, 0.25) is 5.91 Å². The number of thioether (sulfide) groups is 1.